The first kappa shape index (κ1) is 16.6. The van der Waals surface area contributed by atoms with E-state index >= 15 is 0 Å². The van der Waals surface area contributed by atoms with Crippen LogP contribution in [0.1, 0.15) is 31.2 Å². The van der Waals surface area contributed by atoms with Gasteiger partial charge in [-0.15, -0.1) is 0 Å². The Bertz CT molecular complexity index is 473. The van der Waals surface area contributed by atoms with Crippen molar-refractivity contribution in [3.8, 4) is 5.75 Å². The van der Waals surface area contributed by atoms with Crippen LogP contribution in [-0.2, 0) is 11.3 Å². The van der Waals surface area contributed by atoms with E-state index < -0.39 is 0 Å². The fourth-order valence-corrected chi connectivity index (χ4v) is 2.31. The van der Waals surface area contributed by atoms with E-state index in [2.05, 4.69) is 10.3 Å². The monoisotopic (exact) mass is 305 g/mol. The zero-order valence-electron chi connectivity index (χ0n) is 13.4. The van der Waals surface area contributed by atoms with Crippen molar-refractivity contribution in [2.45, 2.75) is 32.2 Å². The van der Waals surface area contributed by atoms with E-state index in [-0.39, 0.29) is 0 Å². The molecule has 0 spiro atoms. The quantitative estimate of drug-likeness (QED) is 0.417. The highest BCUT2D eigenvalue weighted by Crippen LogP contribution is 2.25. The summed E-state index contributed by atoms with van der Waals surface area (Å²) in [5, 5.41) is 3.20. The Balaban J connectivity index is 1.73. The molecule has 0 heterocycles. The van der Waals surface area contributed by atoms with Gasteiger partial charge in [0, 0.05) is 26.7 Å². The van der Waals surface area contributed by atoms with E-state index in [0.29, 0.717) is 25.7 Å². The molecule has 1 aliphatic rings. The SMILES string of the molecule is COCCCOc1cccc(CN=C(N)NCC2CCC2)c1. The summed E-state index contributed by atoms with van der Waals surface area (Å²) in [6.45, 7) is 2.88. The van der Waals surface area contributed by atoms with Crippen molar-refractivity contribution in [1.82, 2.24) is 5.32 Å². The highest BCUT2D eigenvalue weighted by atomic mass is 16.5. The third-order valence-corrected chi connectivity index (χ3v) is 3.89. The second-order valence-corrected chi connectivity index (χ2v) is 5.72. The van der Waals surface area contributed by atoms with Crippen LogP contribution < -0.4 is 15.8 Å². The Morgan fingerprint density at radius 1 is 1.36 bits per heavy atom. The van der Waals surface area contributed by atoms with Gasteiger partial charge >= 0.3 is 0 Å². The lowest BCUT2D eigenvalue weighted by Gasteiger charge is -2.25. The van der Waals surface area contributed by atoms with Crippen molar-refractivity contribution in [1.29, 1.82) is 0 Å². The first-order valence-corrected chi connectivity index (χ1v) is 8.02. The van der Waals surface area contributed by atoms with Crippen molar-refractivity contribution in [2.75, 3.05) is 26.9 Å². The number of benzene rings is 1. The molecule has 5 heteroatoms. The lowest BCUT2D eigenvalue weighted by atomic mass is 9.85. The van der Waals surface area contributed by atoms with Crippen LogP contribution in [-0.4, -0.2) is 32.8 Å². The Labute approximate surface area is 132 Å². The van der Waals surface area contributed by atoms with Crippen molar-refractivity contribution in [3.63, 3.8) is 0 Å². The Kier molecular flexibility index (Phi) is 7.03. The number of hydrogen-bond donors (Lipinski definition) is 2. The van der Waals surface area contributed by atoms with Gasteiger partial charge in [0.25, 0.3) is 0 Å². The molecule has 1 saturated carbocycles. The molecule has 1 aromatic rings. The molecule has 122 valence electrons. The van der Waals surface area contributed by atoms with Crippen molar-refractivity contribution >= 4 is 5.96 Å². The molecule has 0 atom stereocenters. The second kappa shape index (κ2) is 9.30. The largest absolute Gasteiger partial charge is 0.493 e. The topological polar surface area (TPSA) is 68.9 Å². The fraction of sp³-hybridized carbons (Fsp3) is 0.588. The van der Waals surface area contributed by atoms with E-state index in [0.717, 1.165) is 30.2 Å². The second-order valence-electron chi connectivity index (χ2n) is 5.72. The third kappa shape index (κ3) is 5.93. The van der Waals surface area contributed by atoms with Gasteiger partial charge in [0.15, 0.2) is 5.96 Å². The molecule has 0 radical (unpaired) electrons. The highest BCUT2D eigenvalue weighted by Gasteiger charge is 2.16. The number of methoxy groups -OCH3 is 1. The van der Waals surface area contributed by atoms with Gasteiger partial charge in [-0.25, -0.2) is 4.99 Å². The first-order valence-electron chi connectivity index (χ1n) is 8.02. The molecule has 0 amide bonds. The van der Waals surface area contributed by atoms with Crippen LogP contribution in [0.3, 0.4) is 0 Å². The minimum atomic E-state index is 0.526. The maximum atomic E-state index is 5.89. The number of aliphatic imine (C=N–C) groups is 1. The average molecular weight is 305 g/mol. The van der Waals surface area contributed by atoms with E-state index in [1.165, 1.54) is 19.3 Å². The van der Waals surface area contributed by atoms with Gasteiger partial charge in [0.2, 0.25) is 0 Å². The molecule has 3 N–H and O–H groups in total. The molecule has 2 rings (SSSR count). The molecule has 0 bridgehead atoms. The molecule has 0 aromatic heterocycles. The van der Waals surface area contributed by atoms with Gasteiger partial charge in [-0.1, -0.05) is 18.6 Å². The van der Waals surface area contributed by atoms with Gasteiger partial charge in [0.05, 0.1) is 13.2 Å². The fourth-order valence-electron chi connectivity index (χ4n) is 2.31. The Morgan fingerprint density at radius 3 is 2.95 bits per heavy atom. The van der Waals surface area contributed by atoms with Crippen LogP contribution in [0.15, 0.2) is 29.3 Å². The molecule has 22 heavy (non-hydrogen) atoms. The van der Waals surface area contributed by atoms with E-state index in [9.17, 15) is 0 Å². The van der Waals surface area contributed by atoms with Crippen LogP contribution in [0.25, 0.3) is 0 Å². The van der Waals surface area contributed by atoms with Gasteiger partial charge < -0.3 is 20.5 Å². The smallest absolute Gasteiger partial charge is 0.188 e. The zero-order valence-corrected chi connectivity index (χ0v) is 13.4. The van der Waals surface area contributed by atoms with Crippen molar-refractivity contribution in [2.24, 2.45) is 16.6 Å². The molecule has 5 nitrogen and oxygen atoms in total. The first-order chi connectivity index (χ1) is 10.8. The average Bonchev–Trinajstić information content (AvgIpc) is 2.48. The van der Waals surface area contributed by atoms with Crippen molar-refractivity contribution in [3.05, 3.63) is 29.8 Å². The Morgan fingerprint density at radius 2 is 2.23 bits per heavy atom. The molecule has 1 fully saturated rings. The van der Waals surface area contributed by atoms with Gasteiger partial charge in [-0.2, -0.15) is 0 Å². The van der Waals surface area contributed by atoms with E-state index in [4.69, 9.17) is 15.2 Å². The number of ether oxygens (including phenoxy) is 2. The van der Waals surface area contributed by atoms with Gasteiger partial charge in [0.1, 0.15) is 5.75 Å². The van der Waals surface area contributed by atoms with Gasteiger partial charge in [-0.05, 0) is 36.5 Å². The maximum absolute atomic E-state index is 5.89. The molecule has 0 unspecified atom stereocenters. The van der Waals surface area contributed by atoms with E-state index in [1.807, 2.05) is 24.3 Å². The minimum Gasteiger partial charge on any atom is -0.493 e. The molecular formula is C17H27N3O2. The minimum absolute atomic E-state index is 0.526. The van der Waals surface area contributed by atoms with Crippen LogP contribution in [0.5, 0.6) is 5.75 Å². The van der Waals surface area contributed by atoms with Crippen LogP contribution in [0, 0.1) is 5.92 Å². The molecule has 1 aromatic carbocycles. The Hall–Kier alpha value is -1.75. The number of guanidine groups is 1. The third-order valence-electron chi connectivity index (χ3n) is 3.89. The van der Waals surface area contributed by atoms with Crippen molar-refractivity contribution < 1.29 is 9.47 Å². The lowest BCUT2D eigenvalue weighted by Crippen LogP contribution is -2.37. The number of nitrogens with zero attached hydrogens (tertiary/aromatic N) is 1. The standard InChI is InChI=1S/C17H27N3O2/c1-21-9-4-10-22-16-8-3-7-15(11-16)13-20-17(18)19-12-14-5-2-6-14/h3,7-8,11,14H,2,4-6,9-10,12-13H2,1H3,(H3,18,19,20). The van der Waals surface area contributed by atoms with Gasteiger partial charge in [-0.3, -0.25) is 0 Å². The summed E-state index contributed by atoms with van der Waals surface area (Å²) >= 11 is 0. The predicted molar refractivity (Wildman–Crippen MR) is 89.1 cm³/mol. The summed E-state index contributed by atoms with van der Waals surface area (Å²) in [4.78, 5) is 4.38. The molecule has 1 aliphatic carbocycles. The number of rotatable bonds is 9. The van der Waals surface area contributed by atoms with Crippen LogP contribution >= 0.6 is 0 Å². The predicted octanol–water partition coefficient (Wildman–Crippen LogP) is 2.31. The molecule has 0 saturated heterocycles. The van der Waals surface area contributed by atoms with Crippen LogP contribution in [0.4, 0.5) is 0 Å². The summed E-state index contributed by atoms with van der Waals surface area (Å²) in [7, 11) is 1.70. The van der Waals surface area contributed by atoms with E-state index in [1.54, 1.807) is 7.11 Å². The summed E-state index contributed by atoms with van der Waals surface area (Å²) in [6.07, 6.45) is 4.85. The number of nitrogens with one attached hydrogen (secondary N) is 1. The normalized spacial score (nSPS) is 15.4. The highest BCUT2D eigenvalue weighted by molar-refractivity contribution is 5.77. The number of nitrogens with two attached hydrogens (primary N) is 1. The number of hydrogen-bond acceptors (Lipinski definition) is 3. The zero-order chi connectivity index (χ0) is 15.6. The summed E-state index contributed by atoms with van der Waals surface area (Å²) in [5.41, 5.74) is 6.99. The molecule has 0 aliphatic heterocycles. The summed E-state index contributed by atoms with van der Waals surface area (Å²) in [5.74, 6) is 2.17. The molecular weight excluding hydrogens is 278 g/mol. The van der Waals surface area contributed by atoms with Crippen LogP contribution in [0.2, 0.25) is 0 Å². The maximum Gasteiger partial charge on any atom is 0.188 e. The summed E-state index contributed by atoms with van der Waals surface area (Å²) in [6, 6.07) is 7.98. The lowest BCUT2D eigenvalue weighted by molar-refractivity contribution is 0.172. The summed E-state index contributed by atoms with van der Waals surface area (Å²) < 4.78 is 10.7.